The van der Waals surface area contributed by atoms with E-state index in [1.165, 1.54) is 0 Å². The highest BCUT2D eigenvalue weighted by molar-refractivity contribution is 5.92. The molecule has 0 aliphatic heterocycles. The maximum absolute atomic E-state index is 11.3. The Morgan fingerprint density at radius 1 is 1.37 bits per heavy atom. The van der Waals surface area contributed by atoms with Gasteiger partial charge in [0.05, 0.1) is 5.69 Å². The summed E-state index contributed by atoms with van der Waals surface area (Å²) in [4.78, 5) is 15.6. The van der Waals surface area contributed by atoms with E-state index in [-0.39, 0.29) is 0 Å². The predicted molar refractivity (Wildman–Crippen MR) is 73.8 cm³/mol. The average molecular weight is 258 g/mol. The number of aromatic nitrogens is 3. The van der Waals surface area contributed by atoms with Crippen LogP contribution in [0.15, 0.2) is 18.3 Å². The number of primary amides is 1. The molecule has 0 aliphatic carbocycles. The fourth-order valence-electron chi connectivity index (χ4n) is 2.01. The minimum atomic E-state index is -0.503. The number of nitrogens with two attached hydrogens (primary N) is 1. The fraction of sp³-hybridized carbons (Fsp3) is 0.357. The van der Waals surface area contributed by atoms with Gasteiger partial charge in [-0.1, -0.05) is 6.92 Å². The summed E-state index contributed by atoms with van der Waals surface area (Å²) < 4.78 is 1.88. The molecule has 2 heterocycles. The first-order valence-electron chi connectivity index (χ1n) is 6.40. The Hall–Kier alpha value is -2.17. The summed E-state index contributed by atoms with van der Waals surface area (Å²) in [5, 5.41) is 4.42. The van der Waals surface area contributed by atoms with Gasteiger partial charge in [-0.05, 0) is 38.0 Å². The lowest BCUT2D eigenvalue weighted by Crippen LogP contribution is -2.14. The van der Waals surface area contributed by atoms with Gasteiger partial charge in [-0.25, -0.2) is 4.98 Å². The van der Waals surface area contributed by atoms with Gasteiger partial charge in [-0.3, -0.25) is 9.48 Å². The molecule has 0 unspecified atom stereocenters. The topological polar surface area (TPSA) is 73.8 Å². The van der Waals surface area contributed by atoms with Gasteiger partial charge in [-0.15, -0.1) is 0 Å². The summed E-state index contributed by atoms with van der Waals surface area (Å²) in [5.74, 6) is -0.503. The van der Waals surface area contributed by atoms with Crippen molar-refractivity contribution >= 4 is 5.91 Å². The number of rotatable bonds is 4. The molecule has 0 saturated heterocycles. The minimum absolute atomic E-state index is 0.304. The lowest BCUT2D eigenvalue weighted by atomic mass is 10.0. The third kappa shape index (κ3) is 2.65. The molecule has 1 amide bonds. The van der Waals surface area contributed by atoms with E-state index in [1.54, 1.807) is 6.07 Å². The van der Waals surface area contributed by atoms with E-state index in [9.17, 15) is 4.79 Å². The molecule has 0 spiro atoms. The second-order valence-electron chi connectivity index (χ2n) is 4.43. The van der Waals surface area contributed by atoms with Crippen LogP contribution in [-0.4, -0.2) is 20.7 Å². The second kappa shape index (κ2) is 5.22. The summed E-state index contributed by atoms with van der Waals surface area (Å²) in [6.45, 7) is 6.81. The van der Waals surface area contributed by atoms with E-state index < -0.39 is 5.91 Å². The third-order valence-electron chi connectivity index (χ3n) is 3.07. The maximum Gasteiger partial charge on any atom is 0.267 e. The summed E-state index contributed by atoms with van der Waals surface area (Å²) in [7, 11) is 0. The van der Waals surface area contributed by atoms with Crippen LogP contribution in [0.4, 0.5) is 0 Å². The predicted octanol–water partition coefficient (Wildman–Crippen LogP) is 1.93. The molecule has 100 valence electrons. The second-order valence-corrected chi connectivity index (χ2v) is 4.43. The molecule has 5 heteroatoms. The molecule has 0 radical (unpaired) electrons. The van der Waals surface area contributed by atoms with E-state index in [4.69, 9.17) is 5.73 Å². The number of amides is 1. The van der Waals surface area contributed by atoms with Crippen LogP contribution >= 0.6 is 0 Å². The zero-order chi connectivity index (χ0) is 14.0. The standard InChI is InChI=1S/C14H18N4O/c1-4-11-6-10(7-13(16-11)14(15)19)12-8-18(5-2)17-9(12)3/h6-8H,4-5H2,1-3H3,(H2,15,19). The lowest BCUT2D eigenvalue weighted by molar-refractivity contribution is 0.0995. The molecule has 0 aromatic carbocycles. The number of carbonyl (C=O) groups excluding carboxylic acids is 1. The largest absolute Gasteiger partial charge is 0.364 e. The van der Waals surface area contributed by atoms with Crippen molar-refractivity contribution in [1.82, 2.24) is 14.8 Å². The summed E-state index contributed by atoms with van der Waals surface area (Å²) in [6.07, 6.45) is 2.74. The van der Waals surface area contributed by atoms with E-state index in [1.807, 2.05) is 37.7 Å². The van der Waals surface area contributed by atoms with Crippen molar-refractivity contribution in [2.75, 3.05) is 0 Å². The molecule has 2 rings (SSSR count). The van der Waals surface area contributed by atoms with Gasteiger partial charge in [-0.2, -0.15) is 5.10 Å². The Morgan fingerprint density at radius 2 is 2.11 bits per heavy atom. The van der Waals surface area contributed by atoms with Crippen molar-refractivity contribution in [3.8, 4) is 11.1 Å². The van der Waals surface area contributed by atoms with Crippen LogP contribution < -0.4 is 5.73 Å². The first-order valence-corrected chi connectivity index (χ1v) is 6.40. The van der Waals surface area contributed by atoms with E-state index >= 15 is 0 Å². The Kier molecular flexibility index (Phi) is 3.64. The fourth-order valence-corrected chi connectivity index (χ4v) is 2.01. The van der Waals surface area contributed by atoms with Gasteiger partial charge in [0, 0.05) is 24.0 Å². The van der Waals surface area contributed by atoms with Crippen LogP contribution in [0, 0.1) is 6.92 Å². The van der Waals surface area contributed by atoms with Crippen molar-refractivity contribution in [2.45, 2.75) is 33.7 Å². The van der Waals surface area contributed by atoms with Gasteiger partial charge < -0.3 is 5.73 Å². The lowest BCUT2D eigenvalue weighted by Gasteiger charge is -2.05. The van der Waals surface area contributed by atoms with Gasteiger partial charge in [0.2, 0.25) is 0 Å². The zero-order valence-electron chi connectivity index (χ0n) is 11.5. The van der Waals surface area contributed by atoms with Crippen molar-refractivity contribution in [3.05, 3.63) is 35.4 Å². The van der Waals surface area contributed by atoms with E-state index in [0.29, 0.717) is 5.69 Å². The summed E-state index contributed by atoms with van der Waals surface area (Å²) in [5.41, 5.74) is 9.38. The van der Waals surface area contributed by atoms with Crippen LogP contribution in [0.1, 0.15) is 35.7 Å². The Labute approximate surface area is 112 Å². The van der Waals surface area contributed by atoms with Crippen LogP contribution in [0.3, 0.4) is 0 Å². The van der Waals surface area contributed by atoms with Crippen molar-refractivity contribution < 1.29 is 4.79 Å². The average Bonchev–Trinajstić information content (AvgIpc) is 2.79. The number of carbonyl (C=O) groups is 1. The van der Waals surface area contributed by atoms with E-state index in [0.717, 1.165) is 35.5 Å². The van der Waals surface area contributed by atoms with E-state index in [2.05, 4.69) is 10.1 Å². The Bertz CT molecular complexity index is 616. The molecule has 2 aromatic heterocycles. The van der Waals surface area contributed by atoms with Crippen molar-refractivity contribution in [2.24, 2.45) is 5.73 Å². The highest BCUT2D eigenvalue weighted by Gasteiger charge is 2.12. The third-order valence-corrected chi connectivity index (χ3v) is 3.07. The number of hydrogen-bond acceptors (Lipinski definition) is 3. The molecule has 0 aliphatic rings. The first kappa shape index (κ1) is 13.3. The molecule has 0 fully saturated rings. The molecule has 2 N–H and O–H groups in total. The molecule has 19 heavy (non-hydrogen) atoms. The van der Waals surface area contributed by atoms with Gasteiger partial charge in [0.15, 0.2) is 0 Å². The maximum atomic E-state index is 11.3. The summed E-state index contributed by atoms with van der Waals surface area (Å²) >= 11 is 0. The smallest absolute Gasteiger partial charge is 0.267 e. The van der Waals surface area contributed by atoms with Gasteiger partial charge in [0.1, 0.15) is 5.69 Å². The van der Waals surface area contributed by atoms with Gasteiger partial charge in [0.25, 0.3) is 5.91 Å². The molecule has 0 saturated carbocycles. The van der Waals surface area contributed by atoms with Crippen LogP contribution in [0.25, 0.3) is 11.1 Å². The number of pyridine rings is 1. The quantitative estimate of drug-likeness (QED) is 0.910. The number of aryl methyl sites for hydroxylation is 3. The molecule has 2 aromatic rings. The first-order chi connectivity index (χ1) is 9.05. The highest BCUT2D eigenvalue weighted by Crippen LogP contribution is 2.24. The van der Waals surface area contributed by atoms with Crippen LogP contribution in [0.5, 0.6) is 0 Å². The van der Waals surface area contributed by atoms with Gasteiger partial charge >= 0.3 is 0 Å². The molecule has 0 atom stereocenters. The van der Waals surface area contributed by atoms with Crippen molar-refractivity contribution in [1.29, 1.82) is 0 Å². The monoisotopic (exact) mass is 258 g/mol. The number of nitrogens with zero attached hydrogens (tertiary/aromatic N) is 3. The molecule has 5 nitrogen and oxygen atoms in total. The Balaban J connectivity index is 2.57. The molecular weight excluding hydrogens is 240 g/mol. The normalized spacial score (nSPS) is 10.7. The summed E-state index contributed by atoms with van der Waals surface area (Å²) in [6, 6.07) is 3.71. The highest BCUT2D eigenvalue weighted by atomic mass is 16.1. The Morgan fingerprint density at radius 3 is 2.63 bits per heavy atom. The van der Waals surface area contributed by atoms with Crippen LogP contribution in [0.2, 0.25) is 0 Å². The zero-order valence-corrected chi connectivity index (χ0v) is 11.5. The minimum Gasteiger partial charge on any atom is -0.364 e. The molecule has 0 bridgehead atoms. The SMILES string of the molecule is CCc1cc(-c2cn(CC)nc2C)cc(C(N)=O)n1. The molecular formula is C14H18N4O. The number of hydrogen-bond donors (Lipinski definition) is 1. The van der Waals surface area contributed by atoms with Crippen molar-refractivity contribution in [3.63, 3.8) is 0 Å². The van der Waals surface area contributed by atoms with Crippen LogP contribution in [-0.2, 0) is 13.0 Å².